The van der Waals surface area contributed by atoms with E-state index in [1.807, 2.05) is 54.6 Å². The summed E-state index contributed by atoms with van der Waals surface area (Å²) in [5.41, 5.74) is -0.495. The third-order valence-corrected chi connectivity index (χ3v) is 7.47. The fraction of sp³-hybridized carbons (Fsp3) is 0.250. The first-order valence-electron chi connectivity index (χ1n) is 11.4. The Kier molecular flexibility index (Phi) is 4.39. The van der Waals surface area contributed by atoms with Crippen LogP contribution < -0.4 is 4.90 Å². The van der Waals surface area contributed by atoms with E-state index in [-0.39, 0.29) is 17.6 Å². The van der Waals surface area contributed by atoms with Gasteiger partial charge in [0.1, 0.15) is 11.2 Å². The highest BCUT2D eigenvalue weighted by atomic mass is 16.5. The summed E-state index contributed by atoms with van der Waals surface area (Å²) in [6.07, 6.45) is 1.70. The van der Waals surface area contributed by atoms with Crippen molar-refractivity contribution >= 4 is 23.3 Å². The molecule has 0 N–H and O–H groups in total. The summed E-state index contributed by atoms with van der Waals surface area (Å²) in [5.74, 6) is -2.46. The van der Waals surface area contributed by atoms with Crippen LogP contribution in [0.15, 0.2) is 91.0 Å². The molecular weight excluding hydrogens is 414 g/mol. The normalized spacial score (nSPS) is 30.4. The maximum atomic E-state index is 14.0. The second-order valence-electron chi connectivity index (χ2n) is 9.10. The third-order valence-electron chi connectivity index (χ3n) is 7.47. The molecule has 0 aromatic heterocycles. The van der Waals surface area contributed by atoms with Crippen LogP contribution in [-0.4, -0.2) is 23.2 Å². The smallest absolute Gasteiger partial charge is 0.241 e. The monoisotopic (exact) mass is 437 g/mol. The minimum absolute atomic E-state index is 0.216. The standard InChI is InChI=1S/C28H23NO4/c30-24(19-11-4-1-5-12-19)28-18-10-17-27(33-28,20-13-6-2-7-14-20)22-23(28)26(32)29(25(22)31)21-15-8-3-9-16-21/h1-9,11-16,22-23H,10,17-18H2/t22-,23+,27+,28+/m1/s1. The molecule has 3 heterocycles. The van der Waals surface area contributed by atoms with Crippen molar-refractivity contribution in [2.45, 2.75) is 30.5 Å². The van der Waals surface area contributed by atoms with Crippen molar-refractivity contribution in [2.24, 2.45) is 11.8 Å². The van der Waals surface area contributed by atoms with Gasteiger partial charge in [-0.05, 0) is 37.0 Å². The van der Waals surface area contributed by atoms with E-state index in [0.29, 0.717) is 30.5 Å². The molecule has 3 aromatic carbocycles. The molecule has 3 aromatic rings. The summed E-state index contributed by atoms with van der Waals surface area (Å²) in [6, 6.07) is 27.6. The fourth-order valence-electron chi connectivity index (χ4n) is 6.16. The van der Waals surface area contributed by atoms with Gasteiger partial charge in [-0.1, -0.05) is 78.9 Å². The number of Topliss-reactive ketones (excluding diaryl/α,β-unsaturated/α-hetero) is 1. The molecule has 5 heteroatoms. The highest BCUT2D eigenvalue weighted by molar-refractivity contribution is 6.25. The second kappa shape index (κ2) is 7.22. The molecule has 3 aliphatic heterocycles. The lowest BCUT2D eigenvalue weighted by Gasteiger charge is -2.42. The zero-order valence-electron chi connectivity index (χ0n) is 18.0. The number of ketones is 1. The van der Waals surface area contributed by atoms with Crippen molar-refractivity contribution in [1.82, 2.24) is 0 Å². The zero-order chi connectivity index (χ0) is 22.6. The topological polar surface area (TPSA) is 63.7 Å². The van der Waals surface area contributed by atoms with Crippen LogP contribution in [0.2, 0.25) is 0 Å². The number of hydrogen-bond donors (Lipinski definition) is 0. The molecule has 0 saturated carbocycles. The van der Waals surface area contributed by atoms with Crippen LogP contribution >= 0.6 is 0 Å². The molecule has 164 valence electrons. The maximum absolute atomic E-state index is 14.0. The van der Waals surface area contributed by atoms with Gasteiger partial charge in [-0.15, -0.1) is 0 Å². The molecule has 2 amide bonds. The van der Waals surface area contributed by atoms with Crippen LogP contribution in [0, 0.1) is 11.8 Å². The molecule has 4 atom stereocenters. The van der Waals surface area contributed by atoms with Crippen molar-refractivity contribution in [3.63, 3.8) is 0 Å². The van der Waals surface area contributed by atoms with E-state index in [9.17, 15) is 14.4 Å². The van der Waals surface area contributed by atoms with E-state index in [1.165, 1.54) is 4.90 Å². The fourth-order valence-corrected chi connectivity index (χ4v) is 6.16. The van der Waals surface area contributed by atoms with E-state index in [2.05, 4.69) is 0 Å². The van der Waals surface area contributed by atoms with Crippen molar-refractivity contribution < 1.29 is 19.1 Å². The summed E-state index contributed by atoms with van der Waals surface area (Å²) < 4.78 is 6.75. The van der Waals surface area contributed by atoms with Gasteiger partial charge in [-0.25, -0.2) is 4.90 Å². The Morgan fingerprint density at radius 2 is 1.33 bits per heavy atom. The van der Waals surface area contributed by atoms with Crippen molar-refractivity contribution in [3.05, 3.63) is 102 Å². The first-order chi connectivity index (χ1) is 16.1. The highest BCUT2D eigenvalue weighted by Crippen LogP contribution is 2.63. The highest BCUT2D eigenvalue weighted by Gasteiger charge is 2.75. The average Bonchev–Trinajstić information content (AvgIpc) is 3.27. The number of nitrogens with zero attached hydrogens (tertiary/aromatic N) is 1. The summed E-state index contributed by atoms with van der Waals surface area (Å²) in [7, 11) is 0. The summed E-state index contributed by atoms with van der Waals surface area (Å²) in [6.45, 7) is 0. The molecule has 0 aliphatic carbocycles. The average molecular weight is 437 g/mol. The summed E-state index contributed by atoms with van der Waals surface area (Å²) >= 11 is 0. The number of fused-ring (bicyclic) bond motifs is 5. The Balaban J connectivity index is 1.56. The van der Waals surface area contributed by atoms with Crippen LogP contribution in [0.3, 0.4) is 0 Å². The van der Waals surface area contributed by atoms with Crippen LogP contribution in [0.25, 0.3) is 0 Å². The van der Waals surface area contributed by atoms with Gasteiger partial charge in [0.15, 0.2) is 5.78 Å². The molecule has 0 spiro atoms. The van der Waals surface area contributed by atoms with E-state index in [1.54, 1.807) is 36.4 Å². The molecule has 5 nitrogen and oxygen atoms in total. The van der Waals surface area contributed by atoms with Gasteiger partial charge in [0.2, 0.25) is 11.8 Å². The number of para-hydroxylation sites is 1. The minimum atomic E-state index is -1.36. The number of anilines is 1. The minimum Gasteiger partial charge on any atom is -0.354 e. The van der Waals surface area contributed by atoms with Crippen molar-refractivity contribution in [3.8, 4) is 0 Å². The SMILES string of the molecule is O=C1[C@@H]2[C@H](C(=O)N1c1ccccc1)[C@@]1(c3ccccc3)CCC[C@]2(C(=O)c2ccccc2)O1. The molecule has 0 unspecified atom stereocenters. The zero-order valence-corrected chi connectivity index (χ0v) is 18.0. The van der Waals surface area contributed by atoms with E-state index in [0.717, 1.165) is 5.56 Å². The molecule has 3 aliphatic rings. The second-order valence-corrected chi connectivity index (χ2v) is 9.10. The van der Waals surface area contributed by atoms with Crippen LogP contribution in [0.5, 0.6) is 0 Å². The van der Waals surface area contributed by atoms with Gasteiger partial charge in [-0.3, -0.25) is 14.4 Å². The largest absolute Gasteiger partial charge is 0.354 e. The molecule has 3 saturated heterocycles. The van der Waals surface area contributed by atoms with Gasteiger partial charge in [-0.2, -0.15) is 0 Å². The van der Waals surface area contributed by atoms with E-state index in [4.69, 9.17) is 4.74 Å². The molecule has 0 radical (unpaired) electrons. The summed E-state index contributed by atoms with van der Waals surface area (Å²) in [4.78, 5) is 43.1. The molecule has 33 heavy (non-hydrogen) atoms. The number of rotatable bonds is 4. The maximum Gasteiger partial charge on any atom is 0.241 e. The number of imide groups is 1. The van der Waals surface area contributed by atoms with Gasteiger partial charge in [0.05, 0.1) is 17.5 Å². The summed E-state index contributed by atoms with van der Waals surface area (Å²) in [5, 5.41) is 0. The molecule has 6 rings (SSSR count). The number of amides is 2. The van der Waals surface area contributed by atoms with Crippen LogP contribution in [-0.2, 0) is 19.9 Å². The van der Waals surface area contributed by atoms with Crippen molar-refractivity contribution in [1.29, 1.82) is 0 Å². The number of carbonyl (C=O) groups excluding carboxylic acids is 3. The van der Waals surface area contributed by atoms with Gasteiger partial charge in [0, 0.05) is 5.56 Å². The lowest BCUT2D eigenvalue weighted by atomic mass is 9.73. The first-order valence-corrected chi connectivity index (χ1v) is 11.4. The first kappa shape index (κ1) is 20.1. The number of benzene rings is 3. The van der Waals surface area contributed by atoms with Gasteiger partial charge < -0.3 is 4.74 Å². The third kappa shape index (κ3) is 2.66. The molecular formula is C28H23NO4. The molecule has 3 fully saturated rings. The predicted octanol–water partition coefficient (Wildman–Crippen LogP) is 4.52. The quantitative estimate of drug-likeness (QED) is 0.445. The lowest BCUT2D eigenvalue weighted by Crippen LogP contribution is -2.52. The number of carbonyl (C=O) groups is 3. The van der Waals surface area contributed by atoms with Gasteiger partial charge >= 0.3 is 0 Å². The van der Waals surface area contributed by atoms with E-state index < -0.39 is 23.0 Å². The Morgan fingerprint density at radius 1 is 0.758 bits per heavy atom. The number of ether oxygens (including phenoxy) is 1. The van der Waals surface area contributed by atoms with E-state index >= 15 is 0 Å². The van der Waals surface area contributed by atoms with Crippen molar-refractivity contribution in [2.75, 3.05) is 4.90 Å². The van der Waals surface area contributed by atoms with Crippen LogP contribution in [0.4, 0.5) is 5.69 Å². The Morgan fingerprint density at radius 3 is 2.00 bits per heavy atom. The number of hydrogen-bond acceptors (Lipinski definition) is 4. The Hall–Kier alpha value is -3.57. The molecule has 2 bridgehead atoms. The lowest BCUT2D eigenvalue weighted by molar-refractivity contribution is -0.152. The van der Waals surface area contributed by atoms with Gasteiger partial charge in [0.25, 0.3) is 0 Å². The Labute approximate surface area is 192 Å². The Bertz CT molecular complexity index is 1240. The van der Waals surface area contributed by atoms with Crippen LogP contribution in [0.1, 0.15) is 35.2 Å². The predicted molar refractivity (Wildman–Crippen MR) is 122 cm³/mol.